The SMILES string of the molecule is CCOC(=O)c1ccc(-c2cc(OCC)nc(-c3ccc(OC)cc3)c2)cc1. The molecule has 1 aromatic heterocycles. The van der Waals surface area contributed by atoms with Gasteiger partial charge in [-0.25, -0.2) is 9.78 Å². The lowest BCUT2D eigenvalue weighted by molar-refractivity contribution is 0.0526. The van der Waals surface area contributed by atoms with Crippen molar-refractivity contribution in [1.82, 2.24) is 4.98 Å². The van der Waals surface area contributed by atoms with E-state index in [2.05, 4.69) is 4.98 Å². The Labute approximate surface area is 164 Å². The summed E-state index contributed by atoms with van der Waals surface area (Å²) in [6.45, 7) is 4.60. The highest BCUT2D eigenvalue weighted by Gasteiger charge is 2.10. The van der Waals surface area contributed by atoms with Crippen molar-refractivity contribution in [3.05, 3.63) is 66.2 Å². The van der Waals surface area contributed by atoms with Gasteiger partial charge in [0, 0.05) is 11.6 Å². The fourth-order valence-electron chi connectivity index (χ4n) is 2.82. The lowest BCUT2D eigenvalue weighted by Crippen LogP contribution is -2.04. The van der Waals surface area contributed by atoms with Crippen molar-refractivity contribution in [3.8, 4) is 34.0 Å². The van der Waals surface area contributed by atoms with E-state index < -0.39 is 0 Å². The van der Waals surface area contributed by atoms with Crippen molar-refractivity contribution >= 4 is 5.97 Å². The van der Waals surface area contributed by atoms with Gasteiger partial charge in [0.1, 0.15) is 5.75 Å². The van der Waals surface area contributed by atoms with Crippen LogP contribution in [0.5, 0.6) is 11.6 Å². The molecule has 5 nitrogen and oxygen atoms in total. The molecule has 0 fully saturated rings. The lowest BCUT2D eigenvalue weighted by Gasteiger charge is -2.11. The van der Waals surface area contributed by atoms with Crippen molar-refractivity contribution in [2.75, 3.05) is 20.3 Å². The average Bonchev–Trinajstić information content (AvgIpc) is 2.74. The van der Waals surface area contributed by atoms with Gasteiger partial charge in [-0.1, -0.05) is 12.1 Å². The second kappa shape index (κ2) is 9.04. The van der Waals surface area contributed by atoms with Crippen LogP contribution in [0.3, 0.4) is 0 Å². The van der Waals surface area contributed by atoms with Crippen LogP contribution < -0.4 is 9.47 Å². The molecule has 0 saturated heterocycles. The monoisotopic (exact) mass is 377 g/mol. The van der Waals surface area contributed by atoms with Gasteiger partial charge in [-0.2, -0.15) is 0 Å². The number of pyridine rings is 1. The van der Waals surface area contributed by atoms with E-state index >= 15 is 0 Å². The smallest absolute Gasteiger partial charge is 0.338 e. The van der Waals surface area contributed by atoms with Crippen molar-refractivity contribution in [2.45, 2.75) is 13.8 Å². The number of ether oxygens (including phenoxy) is 3. The average molecular weight is 377 g/mol. The topological polar surface area (TPSA) is 57.7 Å². The predicted octanol–water partition coefficient (Wildman–Crippen LogP) is 5.00. The highest BCUT2D eigenvalue weighted by molar-refractivity contribution is 5.90. The van der Waals surface area contributed by atoms with E-state index in [4.69, 9.17) is 14.2 Å². The number of methoxy groups -OCH3 is 1. The molecule has 144 valence electrons. The molecule has 0 aliphatic heterocycles. The quantitative estimate of drug-likeness (QED) is 0.542. The standard InChI is InChI=1S/C23H23NO4/c1-4-27-22-15-19(16-6-8-18(9-7-16)23(25)28-5-2)14-21(24-22)17-10-12-20(26-3)13-11-17/h6-15H,4-5H2,1-3H3. The van der Waals surface area contributed by atoms with Crippen molar-refractivity contribution in [1.29, 1.82) is 0 Å². The van der Waals surface area contributed by atoms with E-state index in [1.54, 1.807) is 26.2 Å². The van der Waals surface area contributed by atoms with Gasteiger partial charge >= 0.3 is 5.97 Å². The molecular formula is C23H23NO4. The summed E-state index contributed by atoms with van der Waals surface area (Å²) in [5.74, 6) is 1.03. The Morgan fingerprint density at radius 2 is 1.54 bits per heavy atom. The minimum Gasteiger partial charge on any atom is -0.497 e. The molecule has 0 radical (unpaired) electrons. The number of esters is 1. The van der Waals surface area contributed by atoms with Crippen molar-refractivity contribution in [3.63, 3.8) is 0 Å². The fourth-order valence-corrected chi connectivity index (χ4v) is 2.82. The number of rotatable bonds is 7. The van der Waals surface area contributed by atoms with Gasteiger partial charge in [0.15, 0.2) is 0 Å². The summed E-state index contributed by atoms with van der Waals surface area (Å²) in [6.07, 6.45) is 0. The summed E-state index contributed by atoms with van der Waals surface area (Å²) < 4.78 is 15.9. The first-order chi connectivity index (χ1) is 13.6. The van der Waals surface area contributed by atoms with Crippen LogP contribution in [0.2, 0.25) is 0 Å². The maximum Gasteiger partial charge on any atom is 0.338 e. The largest absolute Gasteiger partial charge is 0.497 e. The van der Waals surface area contributed by atoms with E-state index in [9.17, 15) is 4.79 Å². The molecule has 5 heteroatoms. The van der Waals surface area contributed by atoms with Gasteiger partial charge in [-0.15, -0.1) is 0 Å². The number of hydrogen-bond acceptors (Lipinski definition) is 5. The summed E-state index contributed by atoms with van der Waals surface area (Å²) in [5, 5.41) is 0. The van der Waals surface area contributed by atoms with Crippen LogP contribution >= 0.6 is 0 Å². The van der Waals surface area contributed by atoms with Crippen molar-refractivity contribution < 1.29 is 19.0 Å². The zero-order valence-electron chi connectivity index (χ0n) is 16.3. The molecule has 0 spiro atoms. The first-order valence-corrected chi connectivity index (χ1v) is 9.21. The molecule has 0 atom stereocenters. The summed E-state index contributed by atoms with van der Waals surface area (Å²) in [7, 11) is 1.64. The molecule has 2 aromatic carbocycles. The van der Waals surface area contributed by atoms with E-state index in [1.807, 2.05) is 55.5 Å². The molecule has 3 aromatic rings. The molecular weight excluding hydrogens is 354 g/mol. The summed E-state index contributed by atoms with van der Waals surface area (Å²) in [6, 6.07) is 19.0. The van der Waals surface area contributed by atoms with Crippen LogP contribution in [0.15, 0.2) is 60.7 Å². The summed E-state index contributed by atoms with van der Waals surface area (Å²) in [4.78, 5) is 16.5. The number of benzene rings is 2. The third kappa shape index (κ3) is 4.49. The van der Waals surface area contributed by atoms with Crippen LogP contribution in [0.25, 0.3) is 22.4 Å². The van der Waals surface area contributed by atoms with Crippen LogP contribution in [0.4, 0.5) is 0 Å². The predicted molar refractivity (Wildman–Crippen MR) is 109 cm³/mol. The Hall–Kier alpha value is -3.34. The highest BCUT2D eigenvalue weighted by atomic mass is 16.5. The molecule has 0 amide bonds. The zero-order valence-corrected chi connectivity index (χ0v) is 16.3. The van der Waals surface area contributed by atoms with E-state index in [0.717, 1.165) is 28.1 Å². The molecule has 0 N–H and O–H groups in total. The Balaban J connectivity index is 1.97. The first kappa shape index (κ1) is 19.4. The zero-order chi connectivity index (χ0) is 19.9. The Bertz CT molecular complexity index is 934. The highest BCUT2D eigenvalue weighted by Crippen LogP contribution is 2.30. The molecule has 28 heavy (non-hydrogen) atoms. The number of carbonyl (C=O) groups excluding carboxylic acids is 1. The Kier molecular flexibility index (Phi) is 6.27. The fraction of sp³-hybridized carbons (Fsp3) is 0.217. The third-order valence-electron chi connectivity index (χ3n) is 4.21. The van der Waals surface area contributed by atoms with Gasteiger partial charge in [0.2, 0.25) is 5.88 Å². The van der Waals surface area contributed by atoms with Gasteiger partial charge in [-0.05, 0) is 67.4 Å². The number of aromatic nitrogens is 1. The molecule has 1 heterocycles. The number of carbonyl (C=O) groups is 1. The van der Waals surface area contributed by atoms with E-state index in [-0.39, 0.29) is 5.97 Å². The van der Waals surface area contributed by atoms with Crippen molar-refractivity contribution in [2.24, 2.45) is 0 Å². The molecule has 0 saturated carbocycles. The molecule has 0 unspecified atom stereocenters. The number of nitrogens with zero attached hydrogens (tertiary/aromatic N) is 1. The summed E-state index contributed by atoms with van der Waals surface area (Å²) in [5.41, 5.74) is 4.22. The Morgan fingerprint density at radius 1 is 0.857 bits per heavy atom. The third-order valence-corrected chi connectivity index (χ3v) is 4.21. The van der Waals surface area contributed by atoms with Gasteiger partial charge < -0.3 is 14.2 Å². The van der Waals surface area contributed by atoms with Crippen LogP contribution in [0, 0.1) is 0 Å². The second-order valence-electron chi connectivity index (χ2n) is 6.04. The van der Waals surface area contributed by atoms with Crippen LogP contribution in [-0.4, -0.2) is 31.3 Å². The molecule has 0 aliphatic rings. The van der Waals surface area contributed by atoms with Gasteiger partial charge in [-0.3, -0.25) is 0 Å². The van der Waals surface area contributed by atoms with E-state index in [1.165, 1.54) is 0 Å². The normalized spacial score (nSPS) is 10.4. The van der Waals surface area contributed by atoms with Crippen LogP contribution in [-0.2, 0) is 4.74 Å². The lowest BCUT2D eigenvalue weighted by atomic mass is 10.0. The van der Waals surface area contributed by atoms with Gasteiger partial charge in [0.05, 0.1) is 31.6 Å². The molecule has 0 bridgehead atoms. The van der Waals surface area contributed by atoms with Crippen LogP contribution in [0.1, 0.15) is 24.2 Å². The molecule has 0 aliphatic carbocycles. The minimum absolute atomic E-state index is 0.322. The van der Waals surface area contributed by atoms with Gasteiger partial charge in [0.25, 0.3) is 0 Å². The maximum atomic E-state index is 11.9. The first-order valence-electron chi connectivity index (χ1n) is 9.21. The summed E-state index contributed by atoms with van der Waals surface area (Å²) >= 11 is 0. The second-order valence-corrected chi connectivity index (χ2v) is 6.04. The Morgan fingerprint density at radius 3 is 2.14 bits per heavy atom. The number of hydrogen-bond donors (Lipinski definition) is 0. The molecule has 3 rings (SSSR count). The van der Waals surface area contributed by atoms with E-state index in [0.29, 0.717) is 24.7 Å². The maximum absolute atomic E-state index is 11.9. The minimum atomic E-state index is -0.322.